The second-order valence-electron chi connectivity index (χ2n) is 4.91. The van der Waals surface area contributed by atoms with Crippen LogP contribution in [0.1, 0.15) is 23.2 Å². The molecule has 4 N–H and O–H groups in total. The molecule has 1 amide bonds. The second-order valence-corrected chi connectivity index (χ2v) is 4.91. The van der Waals surface area contributed by atoms with Crippen LogP contribution in [-0.2, 0) is 4.74 Å². The molecule has 8 heteroatoms. The van der Waals surface area contributed by atoms with Gasteiger partial charge >= 0.3 is 0 Å². The van der Waals surface area contributed by atoms with Crippen LogP contribution in [0.2, 0.25) is 0 Å². The van der Waals surface area contributed by atoms with Crippen molar-refractivity contribution < 1.29 is 14.5 Å². The Morgan fingerprint density at radius 2 is 2.24 bits per heavy atom. The quantitative estimate of drug-likeness (QED) is 0.285. The molecule has 1 saturated carbocycles. The number of nitro groups is 1. The number of hydrazine groups is 1. The highest BCUT2D eigenvalue weighted by Crippen LogP contribution is 2.28. The molecule has 0 aromatic heterocycles. The number of anilines is 1. The lowest BCUT2D eigenvalue weighted by Crippen LogP contribution is -2.27. The predicted molar refractivity (Wildman–Crippen MR) is 76.8 cm³/mol. The summed E-state index contributed by atoms with van der Waals surface area (Å²) in [5.74, 6) is 5.49. The number of nitrogens with one attached hydrogen (secondary N) is 2. The average Bonchev–Trinajstić information content (AvgIpc) is 3.30. The molecule has 0 atom stereocenters. The summed E-state index contributed by atoms with van der Waals surface area (Å²) >= 11 is 0. The molecule has 0 aliphatic heterocycles. The normalized spacial score (nSPS) is 13.8. The van der Waals surface area contributed by atoms with Gasteiger partial charge in [-0.25, -0.2) is 0 Å². The number of nitro benzene ring substituents is 1. The van der Waals surface area contributed by atoms with Gasteiger partial charge in [0, 0.05) is 24.8 Å². The number of amides is 1. The van der Waals surface area contributed by atoms with E-state index >= 15 is 0 Å². The average molecular weight is 294 g/mol. The molecule has 0 heterocycles. The maximum absolute atomic E-state index is 11.9. The number of ether oxygens (including phenoxy) is 1. The first kappa shape index (κ1) is 15.2. The minimum Gasteiger partial charge on any atom is -0.379 e. The van der Waals surface area contributed by atoms with E-state index in [0.29, 0.717) is 19.1 Å². The van der Waals surface area contributed by atoms with Gasteiger partial charge in [0.1, 0.15) is 5.69 Å². The predicted octanol–water partition coefficient (Wildman–Crippen LogP) is 1.04. The monoisotopic (exact) mass is 294 g/mol. The number of carbonyl (C=O) groups is 1. The zero-order chi connectivity index (χ0) is 15.2. The van der Waals surface area contributed by atoms with E-state index in [1.165, 1.54) is 31.0 Å². The van der Waals surface area contributed by atoms with Gasteiger partial charge in [-0.15, -0.1) is 0 Å². The van der Waals surface area contributed by atoms with Gasteiger partial charge in [-0.05, 0) is 30.9 Å². The summed E-state index contributed by atoms with van der Waals surface area (Å²) < 4.78 is 5.39. The number of hydrogen-bond donors (Lipinski definition) is 3. The van der Waals surface area contributed by atoms with Crippen LogP contribution in [0, 0.1) is 16.0 Å². The van der Waals surface area contributed by atoms with E-state index in [0.717, 1.165) is 6.61 Å². The van der Waals surface area contributed by atoms with Crippen LogP contribution in [0.4, 0.5) is 11.4 Å². The van der Waals surface area contributed by atoms with Crippen molar-refractivity contribution in [1.82, 2.24) is 5.32 Å². The summed E-state index contributed by atoms with van der Waals surface area (Å²) in [6, 6.07) is 4.06. The summed E-state index contributed by atoms with van der Waals surface area (Å²) in [5.41, 5.74) is 2.35. The molecule has 2 rings (SSSR count). The van der Waals surface area contributed by atoms with E-state index in [-0.39, 0.29) is 22.8 Å². The first-order valence-electron chi connectivity index (χ1n) is 6.73. The van der Waals surface area contributed by atoms with Crippen LogP contribution in [-0.4, -0.2) is 30.6 Å². The topological polar surface area (TPSA) is 120 Å². The molecule has 1 aliphatic rings. The zero-order valence-electron chi connectivity index (χ0n) is 11.5. The second kappa shape index (κ2) is 7.00. The summed E-state index contributed by atoms with van der Waals surface area (Å²) in [4.78, 5) is 22.2. The van der Waals surface area contributed by atoms with Crippen molar-refractivity contribution >= 4 is 17.3 Å². The smallest absolute Gasteiger partial charge is 0.294 e. The van der Waals surface area contributed by atoms with Gasteiger partial charge in [0.05, 0.1) is 11.5 Å². The molecule has 0 bridgehead atoms. The van der Waals surface area contributed by atoms with Gasteiger partial charge < -0.3 is 15.5 Å². The van der Waals surface area contributed by atoms with Crippen molar-refractivity contribution in [3.8, 4) is 0 Å². The highest BCUT2D eigenvalue weighted by molar-refractivity contribution is 5.95. The molecule has 1 aliphatic carbocycles. The largest absolute Gasteiger partial charge is 0.379 e. The minimum absolute atomic E-state index is 0.157. The fourth-order valence-corrected chi connectivity index (χ4v) is 1.82. The first-order chi connectivity index (χ1) is 10.1. The summed E-state index contributed by atoms with van der Waals surface area (Å²) in [6.45, 7) is 1.54. The van der Waals surface area contributed by atoms with E-state index in [9.17, 15) is 14.9 Å². The summed E-state index contributed by atoms with van der Waals surface area (Å²) in [7, 11) is 0. The van der Waals surface area contributed by atoms with Crippen molar-refractivity contribution in [1.29, 1.82) is 0 Å². The van der Waals surface area contributed by atoms with Gasteiger partial charge in [-0.1, -0.05) is 0 Å². The first-order valence-corrected chi connectivity index (χ1v) is 6.73. The third-order valence-electron chi connectivity index (χ3n) is 3.19. The molecule has 114 valence electrons. The van der Waals surface area contributed by atoms with Crippen molar-refractivity contribution in [2.45, 2.75) is 12.8 Å². The van der Waals surface area contributed by atoms with E-state index in [2.05, 4.69) is 10.7 Å². The molecule has 0 saturated heterocycles. The van der Waals surface area contributed by atoms with E-state index < -0.39 is 4.92 Å². The number of nitrogen functional groups attached to an aromatic ring is 1. The highest BCUT2D eigenvalue weighted by atomic mass is 16.6. The van der Waals surface area contributed by atoms with Gasteiger partial charge in [0.15, 0.2) is 0 Å². The Balaban J connectivity index is 1.85. The third kappa shape index (κ3) is 4.40. The van der Waals surface area contributed by atoms with Gasteiger partial charge in [-0.3, -0.25) is 20.8 Å². The van der Waals surface area contributed by atoms with Crippen molar-refractivity contribution in [2.24, 2.45) is 11.8 Å². The Labute approximate surface area is 121 Å². The standard InChI is InChI=1S/C13H18N4O4/c14-16-11-4-3-10(7-12(11)17(19)20)13(18)15-5-6-21-8-9-1-2-9/h3-4,7,9,16H,1-2,5-6,8,14H2,(H,15,18). The minimum atomic E-state index is -0.593. The number of nitrogens with two attached hydrogens (primary N) is 1. The van der Waals surface area contributed by atoms with Crippen LogP contribution in [0.25, 0.3) is 0 Å². The van der Waals surface area contributed by atoms with E-state index in [1.54, 1.807) is 0 Å². The van der Waals surface area contributed by atoms with Crippen LogP contribution in [0.3, 0.4) is 0 Å². The number of carbonyl (C=O) groups excluding carboxylic acids is 1. The maximum Gasteiger partial charge on any atom is 0.294 e. The summed E-state index contributed by atoms with van der Waals surface area (Å²) in [5, 5.41) is 13.5. The van der Waals surface area contributed by atoms with Gasteiger partial charge in [0.25, 0.3) is 11.6 Å². The Hall–Kier alpha value is -2.19. The van der Waals surface area contributed by atoms with Crippen LogP contribution < -0.4 is 16.6 Å². The number of hydrogen-bond acceptors (Lipinski definition) is 6. The fourth-order valence-electron chi connectivity index (χ4n) is 1.82. The lowest BCUT2D eigenvalue weighted by atomic mass is 10.1. The van der Waals surface area contributed by atoms with Crippen LogP contribution in [0.15, 0.2) is 18.2 Å². The Bertz CT molecular complexity index is 531. The Kier molecular flexibility index (Phi) is 5.07. The van der Waals surface area contributed by atoms with E-state index in [4.69, 9.17) is 10.6 Å². The lowest BCUT2D eigenvalue weighted by Gasteiger charge is -2.07. The molecule has 21 heavy (non-hydrogen) atoms. The highest BCUT2D eigenvalue weighted by Gasteiger charge is 2.21. The molecule has 8 nitrogen and oxygen atoms in total. The van der Waals surface area contributed by atoms with Gasteiger partial charge in [0.2, 0.25) is 0 Å². The molecule has 1 fully saturated rings. The van der Waals surface area contributed by atoms with Crippen LogP contribution >= 0.6 is 0 Å². The summed E-state index contributed by atoms with van der Waals surface area (Å²) in [6.07, 6.45) is 2.44. The number of rotatable bonds is 8. The van der Waals surface area contributed by atoms with Crippen molar-refractivity contribution in [3.05, 3.63) is 33.9 Å². The van der Waals surface area contributed by atoms with Crippen molar-refractivity contribution in [2.75, 3.05) is 25.2 Å². The SMILES string of the molecule is NNc1ccc(C(=O)NCCOCC2CC2)cc1[N+](=O)[O-]. The lowest BCUT2D eigenvalue weighted by molar-refractivity contribution is -0.384. The van der Waals surface area contributed by atoms with Crippen molar-refractivity contribution in [3.63, 3.8) is 0 Å². The number of nitrogens with zero attached hydrogens (tertiary/aromatic N) is 1. The maximum atomic E-state index is 11.9. The Morgan fingerprint density at radius 3 is 2.86 bits per heavy atom. The number of benzene rings is 1. The molecule has 1 aromatic carbocycles. The fraction of sp³-hybridized carbons (Fsp3) is 0.462. The Morgan fingerprint density at radius 1 is 1.48 bits per heavy atom. The third-order valence-corrected chi connectivity index (χ3v) is 3.19. The zero-order valence-corrected chi connectivity index (χ0v) is 11.5. The van der Waals surface area contributed by atoms with Crippen LogP contribution in [0.5, 0.6) is 0 Å². The molecule has 1 aromatic rings. The molecule has 0 unspecified atom stereocenters. The molecule has 0 spiro atoms. The van der Waals surface area contributed by atoms with Gasteiger partial charge in [-0.2, -0.15) is 0 Å². The molecular weight excluding hydrogens is 276 g/mol. The molecular formula is C13H18N4O4. The van der Waals surface area contributed by atoms with E-state index in [1.807, 2.05) is 0 Å². The molecule has 0 radical (unpaired) electrons.